The second kappa shape index (κ2) is 8.72. The fourth-order valence-corrected chi connectivity index (χ4v) is 3.26. The fourth-order valence-electron chi connectivity index (χ4n) is 3.26. The van der Waals surface area contributed by atoms with E-state index >= 15 is 0 Å². The molecule has 0 radical (unpaired) electrons. The number of nitrogens with two attached hydrogens (primary N) is 1. The zero-order valence-corrected chi connectivity index (χ0v) is 15.1. The average Bonchev–Trinajstić information content (AvgIpc) is 3.12. The first kappa shape index (κ1) is 18.3. The number of hydrogen-bond acceptors (Lipinski definition) is 4. The molecule has 2 aromatic rings. The molecule has 5 nitrogen and oxygen atoms in total. The van der Waals surface area contributed by atoms with E-state index in [9.17, 15) is 4.79 Å². The van der Waals surface area contributed by atoms with E-state index in [2.05, 4.69) is 5.32 Å². The third kappa shape index (κ3) is 4.76. The van der Waals surface area contributed by atoms with Crippen LogP contribution in [0.25, 0.3) is 0 Å². The van der Waals surface area contributed by atoms with Crippen molar-refractivity contribution in [1.29, 1.82) is 0 Å². The summed E-state index contributed by atoms with van der Waals surface area (Å²) < 4.78 is 11.3. The van der Waals surface area contributed by atoms with E-state index in [0.717, 1.165) is 30.4 Å². The third-order valence-electron chi connectivity index (χ3n) is 4.78. The van der Waals surface area contributed by atoms with E-state index in [1.54, 1.807) is 7.11 Å². The normalized spacial score (nSPS) is 19.2. The molecule has 2 aromatic carbocycles. The SMILES string of the molecule is COc1cc(CNC(=O)C2CCC(N)C2)ccc1OCc1ccccc1. The van der Waals surface area contributed by atoms with E-state index in [-0.39, 0.29) is 17.9 Å². The molecule has 26 heavy (non-hydrogen) atoms. The van der Waals surface area contributed by atoms with Crippen molar-refractivity contribution in [1.82, 2.24) is 5.32 Å². The molecule has 3 N–H and O–H groups in total. The van der Waals surface area contributed by atoms with Crippen LogP contribution >= 0.6 is 0 Å². The molecule has 0 spiro atoms. The van der Waals surface area contributed by atoms with Crippen molar-refractivity contribution in [2.75, 3.05) is 7.11 Å². The van der Waals surface area contributed by atoms with Gasteiger partial charge >= 0.3 is 0 Å². The highest BCUT2D eigenvalue weighted by atomic mass is 16.5. The van der Waals surface area contributed by atoms with Gasteiger partial charge in [-0.25, -0.2) is 0 Å². The van der Waals surface area contributed by atoms with Gasteiger partial charge in [0.05, 0.1) is 7.11 Å². The molecule has 0 aromatic heterocycles. The molecule has 0 aliphatic heterocycles. The monoisotopic (exact) mass is 354 g/mol. The van der Waals surface area contributed by atoms with Crippen LogP contribution in [0.5, 0.6) is 11.5 Å². The Hall–Kier alpha value is -2.53. The van der Waals surface area contributed by atoms with E-state index in [0.29, 0.717) is 24.7 Å². The maximum absolute atomic E-state index is 12.2. The van der Waals surface area contributed by atoms with Crippen LogP contribution in [0.2, 0.25) is 0 Å². The number of carbonyl (C=O) groups is 1. The molecule has 2 unspecified atom stereocenters. The van der Waals surface area contributed by atoms with Gasteiger partial charge in [0.1, 0.15) is 6.61 Å². The molecule has 0 bridgehead atoms. The van der Waals surface area contributed by atoms with E-state index in [4.69, 9.17) is 15.2 Å². The van der Waals surface area contributed by atoms with Gasteiger partial charge in [0.15, 0.2) is 11.5 Å². The summed E-state index contributed by atoms with van der Waals surface area (Å²) >= 11 is 0. The highest BCUT2D eigenvalue weighted by Gasteiger charge is 2.27. The minimum absolute atomic E-state index is 0.0420. The van der Waals surface area contributed by atoms with Gasteiger partial charge in [-0.3, -0.25) is 4.79 Å². The second-order valence-electron chi connectivity index (χ2n) is 6.75. The minimum Gasteiger partial charge on any atom is -0.493 e. The molecule has 0 saturated heterocycles. The van der Waals surface area contributed by atoms with Crippen LogP contribution in [0.1, 0.15) is 30.4 Å². The molecular weight excluding hydrogens is 328 g/mol. The zero-order valence-electron chi connectivity index (χ0n) is 15.1. The van der Waals surface area contributed by atoms with Crippen LogP contribution in [0.15, 0.2) is 48.5 Å². The Morgan fingerprint density at radius 1 is 1.12 bits per heavy atom. The van der Waals surface area contributed by atoms with Gasteiger partial charge in [-0.1, -0.05) is 36.4 Å². The highest BCUT2D eigenvalue weighted by Crippen LogP contribution is 2.29. The number of ether oxygens (including phenoxy) is 2. The van der Waals surface area contributed by atoms with Gasteiger partial charge in [-0.2, -0.15) is 0 Å². The molecule has 1 saturated carbocycles. The third-order valence-corrected chi connectivity index (χ3v) is 4.78. The van der Waals surface area contributed by atoms with Crippen molar-refractivity contribution >= 4 is 5.91 Å². The van der Waals surface area contributed by atoms with E-state index < -0.39 is 0 Å². The summed E-state index contributed by atoms with van der Waals surface area (Å²) in [6, 6.07) is 15.9. The van der Waals surface area contributed by atoms with Crippen molar-refractivity contribution in [3.05, 3.63) is 59.7 Å². The van der Waals surface area contributed by atoms with Crippen LogP contribution in [0, 0.1) is 5.92 Å². The van der Waals surface area contributed by atoms with Gasteiger partial charge in [-0.05, 0) is 42.5 Å². The first-order valence-electron chi connectivity index (χ1n) is 9.02. The first-order chi connectivity index (χ1) is 12.7. The summed E-state index contributed by atoms with van der Waals surface area (Å²) in [4.78, 5) is 12.2. The quantitative estimate of drug-likeness (QED) is 0.802. The Bertz CT molecular complexity index is 733. The number of methoxy groups -OCH3 is 1. The van der Waals surface area contributed by atoms with Crippen molar-refractivity contribution < 1.29 is 14.3 Å². The maximum Gasteiger partial charge on any atom is 0.223 e. The van der Waals surface area contributed by atoms with Crippen molar-refractivity contribution in [3.8, 4) is 11.5 Å². The van der Waals surface area contributed by atoms with Gasteiger partial charge in [0, 0.05) is 18.5 Å². The Morgan fingerprint density at radius 2 is 1.92 bits per heavy atom. The van der Waals surface area contributed by atoms with Crippen molar-refractivity contribution in [3.63, 3.8) is 0 Å². The summed E-state index contributed by atoms with van der Waals surface area (Å²) in [5.41, 5.74) is 7.96. The standard InChI is InChI=1S/C21H26N2O3/c1-25-20-11-16(13-23-21(24)17-8-9-18(22)12-17)7-10-19(20)26-14-15-5-3-2-4-6-15/h2-7,10-11,17-18H,8-9,12-14,22H2,1H3,(H,23,24). The van der Waals surface area contributed by atoms with Crippen LogP contribution in [0.3, 0.4) is 0 Å². The topological polar surface area (TPSA) is 73.6 Å². The van der Waals surface area contributed by atoms with Crippen LogP contribution in [-0.2, 0) is 17.9 Å². The predicted octanol–water partition coefficient (Wildman–Crippen LogP) is 3.02. The van der Waals surface area contributed by atoms with Crippen LogP contribution < -0.4 is 20.5 Å². The summed E-state index contributed by atoms with van der Waals surface area (Å²) in [6.07, 6.45) is 2.59. The molecule has 138 valence electrons. The number of amides is 1. The van der Waals surface area contributed by atoms with Gasteiger partial charge < -0.3 is 20.5 Å². The number of nitrogens with one attached hydrogen (secondary N) is 1. The van der Waals surface area contributed by atoms with Crippen molar-refractivity contribution in [2.24, 2.45) is 11.7 Å². The summed E-state index contributed by atoms with van der Waals surface area (Å²) in [6.45, 7) is 0.953. The van der Waals surface area contributed by atoms with Gasteiger partial charge in [0.25, 0.3) is 0 Å². The number of benzene rings is 2. The lowest BCUT2D eigenvalue weighted by Crippen LogP contribution is -2.30. The Morgan fingerprint density at radius 3 is 2.62 bits per heavy atom. The van der Waals surface area contributed by atoms with Gasteiger partial charge in [0.2, 0.25) is 5.91 Å². The summed E-state index contributed by atoms with van der Waals surface area (Å²) in [5.74, 6) is 1.48. The lowest BCUT2D eigenvalue weighted by atomic mass is 10.1. The van der Waals surface area contributed by atoms with Crippen LogP contribution in [-0.4, -0.2) is 19.1 Å². The first-order valence-corrected chi connectivity index (χ1v) is 9.02. The molecule has 3 rings (SSSR count). The predicted molar refractivity (Wildman–Crippen MR) is 101 cm³/mol. The van der Waals surface area contributed by atoms with E-state index in [1.165, 1.54) is 0 Å². The Labute approximate surface area is 154 Å². The highest BCUT2D eigenvalue weighted by molar-refractivity contribution is 5.79. The Kier molecular flexibility index (Phi) is 6.12. The molecule has 1 amide bonds. The maximum atomic E-state index is 12.2. The molecule has 1 aliphatic carbocycles. The zero-order chi connectivity index (χ0) is 18.4. The van der Waals surface area contributed by atoms with Gasteiger partial charge in [-0.15, -0.1) is 0 Å². The Balaban J connectivity index is 1.56. The second-order valence-corrected chi connectivity index (χ2v) is 6.75. The van der Waals surface area contributed by atoms with Crippen molar-refractivity contribution in [2.45, 2.75) is 38.5 Å². The average molecular weight is 354 g/mol. The lowest BCUT2D eigenvalue weighted by Gasteiger charge is -2.14. The molecular formula is C21H26N2O3. The largest absolute Gasteiger partial charge is 0.493 e. The number of hydrogen-bond donors (Lipinski definition) is 2. The number of rotatable bonds is 7. The molecule has 1 fully saturated rings. The smallest absolute Gasteiger partial charge is 0.223 e. The number of carbonyl (C=O) groups excluding carboxylic acids is 1. The van der Waals surface area contributed by atoms with Crippen LogP contribution in [0.4, 0.5) is 0 Å². The fraction of sp³-hybridized carbons (Fsp3) is 0.381. The summed E-state index contributed by atoms with van der Waals surface area (Å²) in [7, 11) is 1.62. The molecule has 1 aliphatic rings. The molecule has 5 heteroatoms. The molecule has 2 atom stereocenters. The summed E-state index contributed by atoms with van der Waals surface area (Å²) in [5, 5.41) is 3.00. The molecule has 0 heterocycles. The van der Waals surface area contributed by atoms with E-state index in [1.807, 2.05) is 48.5 Å². The minimum atomic E-state index is 0.0420. The lowest BCUT2D eigenvalue weighted by molar-refractivity contribution is -0.125.